The van der Waals surface area contributed by atoms with E-state index in [0.29, 0.717) is 0 Å². The first-order valence-electron chi connectivity index (χ1n) is 6.98. The van der Waals surface area contributed by atoms with Crippen LogP contribution in [0.3, 0.4) is 0 Å². The number of nitrogens with one attached hydrogen (secondary N) is 1. The molecule has 0 aromatic heterocycles. The van der Waals surface area contributed by atoms with Gasteiger partial charge in [-0.1, -0.05) is 19.3 Å². The van der Waals surface area contributed by atoms with Crippen LogP contribution in [-0.4, -0.2) is 54.1 Å². The van der Waals surface area contributed by atoms with E-state index in [1.165, 1.54) is 0 Å². The summed E-state index contributed by atoms with van der Waals surface area (Å²) in [6.07, 6.45) is 3.87. The van der Waals surface area contributed by atoms with Crippen molar-refractivity contribution in [2.45, 2.75) is 38.1 Å². The van der Waals surface area contributed by atoms with E-state index in [9.17, 15) is 14.4 Å². The standard InChI is InChI=1S/C13H21NO7/c15-8-10(11(16)17)14-13(19)21-7-6-20-12(18)9-4-2-1-3-5-9/h9-10,15H,1-8H2,(H,14,19)(H,16,17)/t10-/m1/s1. The molecule has 0 aromatic rings. The number of alkyl carbamates (subject to hydrolysis) is 1. The molecule has 0 aliphatic heterocycles. The highest BCUT2D eigenvalue weighted by Gasteiger charge is 2.22. The van der Waals surface area contributed by atoms with Gasteiger partial charge >= 0.3 is 18.0 Å². The Hall–Kier alpha value is -1.83. The van der Waals surface area contributed by atoms with Gasteiger partial charge in [0.05, 0.1) is 12.5 Å². The van der Waals surface area contributed by atoms with Gasteiger partial charge in [0.2, 0.25) is 0 Å². The summed E-state index contributed by atoms with van der Waals surface area (Å²) in [5.41, 5.74) is 0. The number of carbonyl (C=O) groups excluding carboxylic acids is 2. The molecule has 120 valence electrons. The fraction of sp³-hybridized carbons (Fsp3) is 0.769. The van der Waals surface area contributed by atoms with E-state index >= 15 is 0 Å². The highest BCUT2D eigenvalue weighted by molar-refractivity contribution is 5.80. The van der Waals surface area contributed by atoms with Crippen LogP contribution in [0.15, 0.2) is 0 Å². The summed E-state index contributed by atoms with van der Waals surface area (Å²) in [5.74, 6) is -1.71. The molecule has 0 unspecified atom stereocenters. The summed E-state index contributed by atoms with van der Waals surface area (Å²) in [5, 5.41) is 19.3. The van der Waals surface area contributed by atoms with Gasteiger partial charge in [0.1, 0.15) is 13.2 Å². The van der Waals surface area contributed by atoms with Gasteiger partial charge in [0.25, 0.3) is 0 Å². The van der Waals surface area contributed by atoms with Crippen molar-refractivity contribution in [2.24, 2.45) is 5.92 Å². The normalized spacial score (nSPS) is 16.8. The first kappa shape index (κ1) is 17.2. The average molecular weight is 303 g/mol. The number of carboxylic acid groups (broad SMARTS) is 1. The van der Waals surface area contributed by atoms with Crippen LogP contribution in [0.25, 0.3) is 0 Å². The largest absolute Gasteiger partial charge is 0.480 e. The Balaban J connectivity index is 2.14. The lowest BCUT2D eigenvalue weighted by atomic mass is 9.89. The molecule has 1 fully saturated rings. The minimum atomic E-state index is -1.41. The zero-order valence-corrected chi connectivity index (χ0v) is 11.7. The maximum absolute atomic E-state index is 11.7. The van der Waals surface area contributed by atoms with Gasteiger partial charge in [-0.05, 0) is 12.8 Å². The van der Waals surface area contributed by atoms with Crippen LogP contribution in [0.5, 0.6) is 0 Å². The van der Waals surface area contributed by atoms with Crippen LogP contribution in [0.1, 0.15) is 32.1 Å². The molecule has 1 aliphatic carbocycles. The average Bonchev–Trinajstić information content (AvgIpc) is 2.49. The van der Waals surface area contributed by atoms with Crippen LogP contribution in [-0.2, 0) is 19.1 Å². The first-order chi connectivity index (χ1) is 10.0. The fourth-order valence-corrected chi connectivity index (χ4v) is 2.10. The second-order valence-electron chi connectivity index (χ2n) is 4.86. The minimum absolute atomic E-state index is 0.0698. The number of aliphatic hydroxyl groups is 1. The van der Waals surface area contributed by atoms with Crippen molar-refractivity contribution in [1.82, 2.24) is 5.32 Å². The van der Waals surface area contributed by atoms with E-state index in [0.717, 1.165) is 32.1 Å². The van der Waals surface area contributed by atoms with Crippen molar-refractivity contribution < 1.29 is 34.1 Å². The minimum Gasteiger partial charge on any atom is -0.480 e. The number of aliphatic hydroxyl groups excluding tert-OH is 1. The van der Waals surface area contributed by atoms with Crippen molar-refractivity contribution in [2.75, 3.05) is 19.8 Å². The third-order valence-corrected chi connectivity index (χ3v) is 3.27. The van der Waals surface area contributed by atoms with Gasteiger partial charge in [0.15, 0.2) is 6.04 Å². The first-order valence-corrected chi connectivity index (χ1v) is 6.98. The Kier molecular flexibility index (Phi) is 7.52. The molecule has 8 heteroatoms. The number of hydrogen-bond acceptors (Lipinski definition) is 6. The lowest BCUT2D eigenvalue weighted by Crippen LogP contribution is -2.43. The number of rotatable bonds is 7. The van der Waals surface area contributed by atoms with Crippen molar-refractivity contribution in [3.63, 3.8) is 0 Å². The number of esters is 1. The molecule has 0 saturated heterocycles. The Morgan fingerprint density at radius 3 is 2.29 bits per heavy atom. The monoisotopic (exact) mass is 303 g/mol. The predicted octanol–water partition coefficient (Wildman–Crippen LogP) is 0.282. The van der Waals surface area contributed by atoms with Gasteiger partial charge in [-0.15, -0.1) is 0 Å². The van der Waals surface area contributed by atoms with Crippen LogP contribution >= 0.6 is 0 Å². The number of ether oxygens (including phenoxy) is 2. The second-order valence-corrected chi connectivity index (χ2v) is 4.86. The topological polar surface area (TPSA) is 122 Å². The van der Waals surface area contributed by atoms with Crippen LogP contribution in [0.2, 0.25) is 0 Å². The molecular weight excluding hydrogens is 282 g/mol. The zero-order chi connectivity index (χ0) is 15.7. The third kappa shape index (κ3) is 6.44. The Bertz CT molecular complexity index is 366. The summed E-state index contributed by atoms with van der Waals surface area (Å²) < 4.78 is 9.66. The Morgan fingerprint density at radius 1 is 1.10 bits per heavy atom. The van der Waals surface area contributed by atoms with Gasteiger partial charge in [-0.3, -0.25) is 4.79 Å². The molecule has 1 rings (SSSR count). The van der Waals surface area contributed by atoms with Gasteiger partial charge < -0.3 is 25.0 Å². The van der Waals surface area contributed by atoms with E-state index in [1.54, 1.807) is 0 Å². The highest BCUT2D eigenvalue weighted by atomic mass is 16.6. The fourth-order valence-electron chi connectivity index (χ4n) is 2.10. The quantitative estimate of drug-likeness (QED) is 0.456. The van der Waals surface area contributed by atoms with E-state index in [1.807, 2.05) is 5.32 Å². The van der Waals surface area contributed by atoms with Crippen molar-refractivity contribution in [1.29, 1.82) is 0 Å². The molecular formula is C13H21NO7. The molecule has 0 spiro atoms. The lowest BCUT2D eigenvalue weighted by molar-refractivity contribution is -0.150. The second kappa shape index (κ2) is 9.17. The van der Waals surface area contributed by atoms with Crippen molar-refractivity contribution in [3.05, 3.63) is 0 Å². The maximum Gasteiger partial charge on any atom is 0.408 e. The molecule has 21 heavy (non-hydrogen) atoms. The molecule has 1 saturated carbocycles. The molecule has 1 amide bonds. The number of amides is 1. The third-order valence-electron chi connectivity index (χ3n) is 3.27. The highest BCUT2D eigenvalue weighted by Crippen LogP contribution is 2.24. The van der Waals surface area contributed by atoms with Crippen molar-refractivity contribution in [3.8, 4) is 0 Å². The molecule has 8 nitrogen and oxygen atoms in total. The molecule has 1 atom stereocenters. The molecule has 0 aromatic carbocycles. The van der Waals surface area contributed by atoms with Crippen LogP contribution in [0, 0.1) is 5.92 Å². The number of carboxylic acids is 1. The summed E-state index contributed by atoms with van der Waals surface area (Å²) in [6, 6.07) is -1.41. The summed E-state index contributed by atoms with van der Waals surface area (Å²) in [7, 11) is 0. The van der Waals surface area contributed by atoms with Crippen LogP contribution < -0.4 is 5.32 Å². The van der Waals surface area contributed by atoms with E-state index in [4.69, 9.17) is 14.9 Å². The van der Waals surface area contributed by atoms with E-state index in [-0.39, 0.29) is 25.1 Å². The summed E-state index contributed by atoms with van der Waals surface area (Å²) >= 11 is 0. The molecule has 0 radical (unpaired) electrons. The smallest absolute Gasteiger partial charge is 0.408 e. The summed E-state index contributed by atoms with van der Waals surface area (Å²) in [4.78, 5) is 33.4. The Morgan fingerprint density at radius 2 is 1.71 bits per heavy atom. The molecule has 3 N–H and O–H groups in total. The van der Waals surface area contributed by atoms with E-state index in [2.05, 4.69) is 4.74 Å². The number of carbonyl (C=O) groups is 3. The maximum atomic E-state index is 11.7. The number of hydrogen-bond donors (Lipinski definition) is 3. The Labute approximate surface area is 122 Å². The number of aliphatic carboxylic acids is 1. The van der Waals surface area contributed by atoms with E-state index < -0.39 is 24.7 Å². The van der Waals surface area contributed by atoms with Crippen LogP contribution in [0.4, 0.5) is 4.79 Å². The molecule has 1 aliphatic rings. The predicted molar refractivity (Wildman–Crippen MR) is 70.5 cm³/mol. The molecule has 0 bridgehead atoms. The van der Waals surface area contributed by atoms with Crippen molar-refractivity contribution >= 4 is 18.0 Å². The summed E-state index contributed by atoms with van der Waals surface area (Å²) in [6.45, 7) is -0.969. The van der Waals surface area contributed by atoms with Gasteiger partial charge in [0, 0.05) is 0 Å². The van der Waals surface area contributed by atoms with Gasteiger partial charge in [-0.2, -0.15) is 0 Å². The van der Waals surface area contributed by atoms with Gasteiger partial charge in [-0.25, -0.2) is 9.59 Å². The SMILES string of the molecule is O=C(N[C@H](CO)C(=O)O)OCCOC(=O)C1CCCCC1. The lowest BCUT2D eigenvalue weighted by Gasteiger charge is -2.19. The zero-order valence-electron chi connectivity index (χ0n) is 11.7. The molecule has 0 heterocycles.